The van der Waals surface area contributed by atoms with E-state index in [4.69, 9.17) is 16.3 Å². The topological polar surface area (TPSA) is 80.3 Å². The van der Waals surface area contributed by atoms with Gasteiger partial charge in [-0.05, 0) is 36.8 Å². The number of nitrogens with one attached hydrogen (secondary N) is 2. The molecule has 24 heavy (non-hydrogen) atoms. The lowest BCUT2D eigenvalue weighted by molar-refractivity contribution is 0.0948. The van der Waals surface area contributed by atoms with Crippen LogP contribution in [0.4, 0.5) is 5.69 Å². The van der Waals surface area contributed by atoms with Gasteiger partial charge < -0.3 is 15.4 Å². The van der Waals surface area contributed by atoms with Crippen molar-refractivity contribution in [3.8, 4) is 5.75 Å². The van der Waals surface area contributed by atoms with E-state index in [0.717, 1.165) is 6.42 Å². The summed E-state index contributed by atoms with van der Waals surface area (Å²) in [6, 6.07) is 9.59. The summed E-state index contributed by atoms with van der Waals surface area (Å²) in [6.45, 7) is 2.51. The second-order valence-electron chi connectivity index (χ2n) is 4.96. The van der Waals surface area contributed by atoms with Gasteiger partial charge in [-0.25, -0.2) is 4.98 Å². The lowest BCUT2D eigenvalue weighted by Gasteiger charge is -2.10. The third-order valence-electron chi connectivity index (χ3n) is 3.16. The number of aromatic nitrogens is 1. The minimum Gasteiger partial charge on any atom is -0.495 e. The number of hydrogen-bond donors (Lipinski definition) is 2. The maximum Gasteiger partial charge on any atom is 0.274 e. The van der Waals surface area contributed by atoms with Crippen LogP contribution in [0.5, 0.6) is 5.75 Å². The second-order valence-corrected chi connectivity index (χ2v) is 5.40. The minimum absolute atomic E-state index is 0.126. The van der Waals surface area contributed by atoms with Gasteiger partial charge in [-0.3, -0.25) is 9.59 Å². The first-order chi connectivity index (χ1) is 11.5. The van der Waals surface area contributed by atoms with Crippen LogP contribution in [0.2, 0.25) is 5.02 Å². The Morgan fingerprint density at radius 1 is 1.17 bits per heavy atom. The summed E-state index contributed by atoms with van der Waals surface area (Å²) in [5.74, 6) is -0.294. The molecule has 0 aliphatic carbocycles. The summed E-state index contributed by atoms with van der Waals surface area (Å²) < 4.78 is 5.19. The van der Waals surface area contributed by atoms with Gasteiger partial charge in [0.1, 0.15) is 17.1 Å². The van der Waals surface area contributed by atoms with Crippen LogP contribution in [0, 0.1) is 0 Å². The Morgan fingerprint density at radius 3 is 2.54 bits per heavy atom. The molecule has 0 spiro atoms. The molecule has 0 aliphatic heterocycles. The number of pyridine rings is 1. The molecule has 126 valence electrons. The number of carbonyl (C=O) groups is 2. The van der Waals surface area contributed by atoms with Crippen LogP contribution < -0.4 is 15.4 Å². The molecule has 2 rings (SSSR count). The first-order valence-electron chi connectivity index (χ1n) is 7.45. The molecule has 1 aromatic carbocycles. The fourth-order valence-corrected chi connectivity index (χ4v) is 2.15. The average Bonchev–Trinajstić information content (AvgIpc) is 2.60. The number of halogens is 1. The third kappa shape index (κ3) is 4.45. The highest BCUT2D eigenvalue weighted by molar-refractivity contribution is 6.31. The van der Waals surface area contributed by atoms with Crippen LogP contribution in [-0.2, 0) is 0 Å². The van der Waals surface area contributed by atoms with Crippen molar-refractivity contribution in [1.82, 2.24) is 10.3 Å². The van der Waals surface area contributed by atoms with Gasteiger partial charge in [0.25, 0.3) is 11.8 Å². The molecule has 0 atom stereocenters. The number of rotatable bonds is 6. The fourth-order valence-electron chi connectivity index (χ4n) is 1.98. The van der Waals surface area contributed by atoms with E-state index in [1.165, 1.54) is 13.2 Å². The summed E-state index contributed by atoms with van der Waals surface area (Å²) in [5, 5.41) is 5.87. The molecule has 0 radical (unpaired) electrons. The molecule has 0 bridgehead atoms. The molecule has 0 fully saturated rings. The molecule has 1 aromatic heterocycles. The molecule has 6 nitrogen and oxygen atoms in total. The van der Waals surface area contributed by atoms with Crippen molar-refractivity contribution >= 4 is 29.1 Å². The molecule has 2 N–H and O–H groups in total. The number of amides is 2. The van der Waals surface area contributed by atoms with Gasteiger partial charge in [0.05, 0.1) is 12.8 Å². The summed E-state index contributed by atoms with van der Waals surface area (Å²) in [5.41, 5.74) is 0.743. The van der Waals surface area contributed by atoms with Crippen molar-refractivity contribution in [2.75, 3.05) is 19.0 Å². The lowest BCUT2D eigenvalue weighted by Crippen LogP contribution is -2.26. The predicted octanol–water partition coefficient (Wildman–Crippen LogP) is 3.14. The number of carbonyl (C=O) groups excluding carboxylic acids is 2. The first-order valence-corrected chi connectivity index (χ1v) is 7.83. The second kappa shape index (κ2) is 8.31. The standard InChI is InChI=1S/C17H18ClN3O3/c1-3-9-19-16(22)12-5-4-6-13(20-12)17(23)21-14-10-11(18)7-8-15(14)24-2/h4-8,10H,3,9H2,1-2H3,(H,19,22)(H,21,23). The van der Waals surface area contributed by atoms with Crippen LogP contribution in [0.25, 0.3) is 0 Å². The van der Waals surface area contributed by atoms with E-state index in [1.54, 1.807) is 30.3 Å². The molecular weight excluding hydrogens is 330 g/mol. The van der Waals surface area contributed by atoms with Gasteiger partial charge in [0.15, 0.2) is 0 Å². The van der Waals surface area contributed by atoms with Crippen LogP contribution in [0.1, 0.15) is 34.3 Å². The molecule has 2 amide bonds. The average molecular weight is 348 g/mol. The van der Waals surface area contributed by atoms with Crippen molar-refractivity contribution in [3.05, 3.63) is 52.8 Å². The van der Waals surface area contributed by atoms with E-state index >= 15 is 0 Å². The van der Waals surface area contributed by atoms with E-state index in [-0.39, 0.29) is 17.3 Å². The van der Waals surface area contributed by atoms with Gasteiger partial charge in [-0.1, -0.05) is 24.6 Å². The van der Waals surface area contributed by atoms with Crippen LogP contribution in [0.3, 0.4) is 0 Å². The fraction of sp³-hybridized carbons (Fsp3) is 0.235. The van der Waals surface area contributed by atoms with Crippen molar-refractivity contribution < 1.29 is 14.3 Å². The zero-order valence-electron chi connectivity index (χ0n) is 13.4. The summed E-state index contributed by atoms with van der Waals surface area (Å²) in [6.07, 6.45) is 0.820. The largest absolute Gasteiger partial charge is 0.495 e. The van der Waals surface area contributed by atoms with Gasteiger partial charge in [0.2, 0.25) is 0 Å². The highest BCUT2D eigenvalue weighted by Crippen LogP contribution is 2.27. The number of benzene rings is 1. The Labute approximate surface area is 145 Å². The summed E-state index contributed by atoms with van der Waals surface area (Å²) in [4.78, 5) is 28.4. The van der Waals surface area contributed by atoms with Gasteiger partial charge in [0, 0.05) is 11.6 Å². The maximum absolute atomic E-state index is 12.4. The van der Waals surface area contributed by atoms with Crippen molar-refractivity contribution in [2.24, 2.45) is 0 Å². The zero-order chi connectivity index (χ0) is 17.5. The van der Waals surface area contributed by atoms with Crippen LogP contribution in [-0.4, -0.2) is 30.5 Å². The molecule has 0 aliphatic rings. The summed E-state index contributed by atoms with van der Waals surface area (Å²) in [7, 11) is 1.50. The lowest BCUT2D eigenvalue weighted by atomic mass is 10.2. The number of ether oxygens (including phenoxy) is 1. The van der Waals surface area contributed by atoms with Crippen LogP contribution >= 0.6 is 11.6 Å². The van der Waals surface area contributed by atoms with Gasteiger partial charge >= 0.3 is 0 Å². The van der Waals surface area contributed by atoms with Crippen molar-refractivity contribution in [3.63, 3.8) is 0 Å². The molecular formula is C17H18ClN3O3. The molecule has 0 saturated carbocycles. The van der Waals surface area contributed by atoms with E-state index in [0.29, 0.717) is 23.0 Å². The highest BCUT2D eigenvalue weighted by Gasteiger charge is 2.14. The number of nitrogens with zero attached hydrogens (tertiary/aromatic N) is 1. The number of anilines is 1. The van der Waals surface area contributed by atoms with Crippen molar-refractivity contribution in [1.29, 1.82) is 0 Å². The maximum atomic E-state index is 12.4. The van der Waals surface area contributed by atoms with E-state index < -0.39 is 5.91 Å². The highest BCUT2D eigenvalue weighted by atomic mass is 35.5. The number of methoxy groups -OCH3 is 1. The van der Waals surface area contributed by atoms with E-state index in [9.17, 15) is 9.59 Å². The van der Waals surface area contributed by atoms with Crippen LogP contribution in [0.15, 0.2) is 36.4 Å². The van der Waals surface area contributed by atoms with Gasteiger partial charge in [-0.15, -0.1) is 0 Å². The SMILES string of the molecule is CCCNC(=O)c1cccc(C(=O)Nc2cc(Cl)ccc2OC)n1. The Kier molecular flexibility index (Phi) is 6.14. The smallest absolute Gasteiger partial charge is 0.274 e. The Hall–Kier alpha value is -2.60. The Balaban J connectivity index is 2.19. The molecule has 1 heterocycles. The number of hydrogen-bond acceptors (Lipinski definition) is 4. The van der Waals surface area contributed by atoms with E-state index in [1.807, 2.05) is 6.92 Å². The Bertz CT molecular complexity index is 750. The Morgan fingerprint density at radius 2 is 1.88 bits per heavy atom. The molecule has 7 heteroatoms. The minimum atomic E-state index is -0.458. The predicted molar refractivity (Wildman–Crippen MR) is 92.8 cm³/mol. The molecule has 0 unspecified atom stereocenters. The van der Waals surface area contributed by atoms with Gasteiger partial charge in [-0.2, -0.15) is 0 Å². The first kappa shape index (κ1) is 17.7. The molecule has 0 saturated heterocycles. The third-order valence-corrected chi connectivity index (χ3v) is 3.39. The van der Waals surface area contributed by atoms with E-state index in [2.05, 4.69) is 15.6 Å². The quantitative estimate of drug-likeness (QED) is 0.841. The summed E-state index contributed by atoms with van der Waals surface area (Å²) >= 11 is 5.94. The monoisotopic (exact) mass is 347 g/mol. The normalized spacial score (nSPS) is 10.1. The molecule has 2 aromatic rings. The zero-order valence-corrected chi connectivity index (χ0v) is 14.2. The van der Waals surface area contributed by atoms with Crippen molar-refractivity contribution in [2.45, 2.75) is 13.3 Å².